The monoisotopic (exact) mass is 477 g/mol. The minimum absolute atomic E-state index is 0.728. The Hall–Kier alpha value is -4.23. The molecule has 0 bridgehead atoms. The highest BCUT2D eigenvalue weighted by Gasteiger charge is 2.17. The van der Waals surface area contributed by atoms with E-state index in [-0.39, 0.29) is 0 Å². The molecule has 0 fully saturated rings. The van der Waals surface area contributed by atoms with Crippen molar-refractivity contribution in [1.82, 2.24) is 35.0 Å². The first-order valence-electron chi connectivity index (χ1n) is 12.2. The summed E-state index contributed by atoms with van der Waals surface area (Å²) in [5.74, 6) is 0.728. The predicted molar refractivity (Wildman–Crippen MR) is 148 cm³/mol. The van der Waals surface area contributed by atoms with Crippen molar-refractivity contribution in [2.45, 2.75) is 27.7 Å². The van der Waals surface area contributed by atoms with Crippen LogP contribution in [0.4, 0.5) is 0 Å². The van der Waals surface area contributed by atoms with Gasteiger partial charge in [0.1, 0.15) is 11.2 Å². The molecule has 7 heteroatoms. The van der Waals surface area contributed by atoms with Crippen LogP contribution in [0.1, 0.15) is 32.0 Å². The van der Waals surface area contributed by atoms with E-state index in [1.54, 1.807) is 0 Å². The van der Waals surface area contributed by atoms with Crippen molar-refractivity contribution in [2.24, 2.45) is 0 Å². The maximum Gasteiger partial charge on any atom is 0.159 e. The molecule has 36 heavy (non-hydrogen) atoms. The number of allylic oxidation sites excluding steroid dienone is 3. The van der Waals surface area contributed by atoms with Crippen molar-refractivity contribution in [3.63, 3.8) is 0 Å². The Bertz CT molecular complexity index is 1620. The van der Waals surface area contributed by atoms with E-state index in [9.17, 15) is 0 Å². The molecule has 0 aliphatic heterocycles. The summed E-state index contributed by atoms with van der Waals surface area (Å²) >= 11 is 0. The van der Waals surface area contributed by atoms with Gasteiger partial charge in [-0.2, -0.15) is 5.10 Å². The molecule has 0 saturated heterocycles. The molecule has 0 unspecified atom stereocenters. The lowest BCUT2D eigenvalue weighted by atomic mass is 9.93. The lowest BCUT2D eigenvalue weighted by molar-refractivity contribution is 0.782. The van der Waals surface area contributed by atoms with E-state index in [2.05, 4.69) is 77.1 Å². The van der Waals surface area contributed by atoms with Gasteiger partial charge in [-0.1, -0.05) is 37.8 Å². The third-order valence-electron chi connectivity index (χ3n) is 6.57. The van der Waals surface area contributed by atoms with E-state index in [1.807, 2.05) is 48.3 Å². The number of nitrogens with zero attached hydrogens (tertiary/aromatic N) is 4. The maximum absolute atomic E-state index is 4.96. The van der Waals surface area contributed by atoms with Gasteiger partial charge >= 0.3 is 0 Å². The molecular weight excluding hydrogens is 446 g/mol. The SMILES string of the molecule is C=C/C(CNCC)=C(C)\C(=C/C)c1ccc2[nH]nc(-c3nc4c(-n5cnc(C)c5)cccc4[nH]3)c2c1. The van der Waals surface area contributed by atoms with Crippen LogP contribution in [0.3, 0.4) is 0 Å². The summed E-state index contributed by atoms with van der Waals surface area (Å²) in [6.45, 7) is 14.1. The fourth-order valence-corrected chi connectivity index (χ4v) is 4.64. The molecule has 0 spiro atoms. The third kappa shape index (κ3) is 4.18. The van der Waals surface area contributed by atoms with Gasteiger partial charge in [0.15, 0.2) is 5.82 Å². The van der Waals surface area contributed by atoms with Crippen LogP contribution < -0.4 is 5.32 Å². The van der Waals surface area contributed by atoms with E-state index >= 15 is 0 Å². The Morgan fingerprint density at radius 1 is 1.19 bits per heavy atom. The highest BCUT2D eigenvalue weighted by Crippen LogP contribution is 2.32. The summed E-state index contributed by atoms with van der Waals surface area (Å²) in [4.78, 5) is 12.8. The molecule has 3 aromatic heterocycles. The Morgan fingerprint density at radius 3 is 2.78 bits per heavy atom. The van der Waals surface area contributed by atoms with Gasteiger partial charge in [-0.05, 0) is 73.9 Å². The topological polar surface area (TPSA) is 87.2 Å². The lowest BCUT2D eigenvalue weighted by Gasteiger charge is -2.14. The number of aromatic amines is 2. The summed E-state index contributed by atoms with van der Waals surface area (Å²) < 4.78 is 2.00. The minimum atomic E-state index is 0.728. The number of rotatable bonds is 8. The zero-order chi connectivity index (χ0) is 25.2. The first kappa shape index (κ1) is 23.5. The van der Waals surface area contributed by atoms with Crippen LogP contribution in [0.15, 0.2) is 78.8 Å². The van der Waals surface area contributed by atoms with Crippen molar-refractivity contribution < 1.29 is 0 Å². The highest BCUT2D eigenvalue weighted by molar-refractivity contribution is 5.97. The number of benzene rings is 2. The summed E-state index contributed by atoms with van der Waals surface area (Å²) in [6, 6.07) is 12.5. The van der Waals surface area contributed by atoms with Gasteiger partial charge in [-0.25, -0.2) is 9.97 Å². The summed E-state index contributed by atoms with van der Waals surface area (Å²) in [5, 5.41) is 12.2. The second-order valence-electron chi connectivity index (χ2n) is 8.85. The molecule has 0 aliphatic carbocycles. The summed E-state index contributed by atoms with van der Waals surface area (Å²) in [6.07, 6.45) is 7.92. The smallest absolute Gasteiger partial charge is 0.159 e. The molecule has 0 saturated carbocycles. The van der Waals surface area contributed by atoms with Crippen LogP contribution in [-0.4, -0.2) is 42.8 Å². The Labute approximate surface area is 210 Å². The van der Waals surface area contributed by atoms with Gasteiger partial charge in [0.25, 0.3) is 0 Å². The minimum Gasteiger partial charge on any atom is -0.336 e. The number of hydrogen-bond acceptors (Lipinski definition) is 4. The van der Waals surface area contributed by atoms with Crippen LogP contribution >= 0.6 is 0 Å². The number of H-pyrrole nitrogens is 2. The molecule has 3 N–H and O–H groups in total. The first-order chi connectivity index (χ1) is 17.5. The molecule has 0 radical (unpaired) electrons. The van der Waals surface area contributed by atoms with E-state index < -0.39 is 0 Å². The number of fused-ring (bicyclic) bond motifs is 2. The van der Waals surface area contributed by atoms with Crippen molar-refractivity contribution >= 4 is 27.5 Å². The predicted octanol–water partition coefficient (Wildman–Crippen LogP) is 6.12. The van der Waals surface area contributed by atoms with Crippen molar-refractivity contribution in [1.29, 1.82) is 0 Å². The average Bonchev–Trinajstić information content (AvgIpc) is 3.62. The summed E-state index contributed by atoms with van der Waals surface area (Å²) in [5.41, 5.74) is 10.2. The number of para-hydroxylation sites is 1. The van der Waals surface area contributed by atoms with Gasteiger partial charge in [0, 0.05) is 18.1 Å². The van der Waals surface area contributed by atoms with Gasteiger partial charge in [0.2, 0.25) is 0 Å². The van der Waals surface area contributed by atoms with E-state index in [1.165, 1.54) is 16.7 Å². The first-order valence-corrected chi connectivity index (χ1v) is 12.2. The molecule has 5 aromatic rings. The van der Waals surface area contributed by atoms with Crippen molar-refractivity contribution in [2.75, 3.05) is 13.1 Å². The molecular formula is C29H31N7. The fourth-order valence-electron chi connectivity index (χ4n) is 4.64. The molecule has 0 amide bonds. The van der Waals surface area contributed by atoms with Gasteiger partial charge in [-0.3, -0.25) is 5.10 Å². The molecule has 182 valence electrons. The Morgan fingerprint density at radius 2 is 2.06 bits per heavy atom. The number of likely N-dealkylation sites (N-methyl/N-ethyl adjacent to an activating group) is 1. The van der Waals surface area contributed by atoms with Crippen molar-refractivity contribution in [3.8, 4) is 17.2 Å². The van der Waals surface area contributed by atoms with Gasteiger partial charge in [0.05, 0.1) is 28.7 Å². The number of nitrogens with one attached hydrogen (secondary N) is 3. The van der Waals surface area contributed by atoms with Crippen LogP contribution in [0, 0.1) is 6.92 Å². The summed E-state index contributed by atoms with van der Waals surface area (Å²) in [7, 11) is 0. The molecule has 3 heterocycles. The number of imidazole rings is 2. The fraction of sp³-hybridized carbons (Fsp3) is 0.207. The van der Waals surface area contributed by atoms with Crippen LogP contribution in [0.2, 0.25) is 0 Å². The lowest BCUT2D eigenvalue weighted by Crippen LogP contribution is -2.16. The second kappa shape index (κ2) is 9.79. The molecule has 7 nitrogen and oxygen atoms in total. The highest BCUT2D eigenvalue weighted by atomic mass is 15.1. The second-order valence-corrected chi connectivity index (χ2v) is 8.85. The van der Waals surface area contributed by atoms with Gasteiger partial charge < -0.3 is 14.9 Å². The molecule has 0 atom stereocenters. The van der Waals surface area contributed by atoms with Crippen LogP contribution in [0.5, 0.6) is 0 Å². The quantitative estimate of drug-likeness (QED) is 0.235. The van der Waals surface area contributed by atoms with Crippen LogP contribution in [0.25, 0.3) is 44.7 Å². The Balaban J connectivity index is 1.60. The zero-order valence-electron chi connectivity index (χ0n) is 21.2. The molecule has 2 aromatic carbocycles. The van der Waals surface area contributed by atoms with E-state index in [4.69, 9.17) is 4.98 Å². The van der Waals surface area contributed by atoms with Crippen LogP contribution in [-0.2, 0) is 0 Å². The largest absolute Gasteiger partial charge is 0.336 e. The molecule has 5 rings (SSSR count). The van der Waals surface area contributed by atoms with E-state index in [0.717, 1.165) is 63.5 Å². The number of hydrogen-bond donors (Lipinski definition) is 3. The maximum atomic E-state index is 4.96. The van der Waals surface area contributed by atoms with E-state index in [0.29, 0.717) is 0 Å². The third-order valence-corrected chi connectivity index (χ3v) is 6.57. The molecule has 0 aliphatic rings. The standard InChI is InChI=1S/C29H31N7/c1-6-20(15-30-8-3)19(5)22(7-2)21-12-13-24-23(14-21)27(35-34-24)29-32-25-10-9-11-26(28(25)33-29)36-16-18(4)31-17-36/h6-7,9-14,16-17,30H,1,8,15H2,2-5H3,(H,32,33)(H,34,35)/b20-19+,22-7+. The van der Waals surface area contributed by atoms with Gasteiger partial charge in [-0.15, -0.1) is 0 Å². The number of aromatic nitrogens is 6. The average molecular weight is 478 g/mol. The normalized spacial score (nSPS) is 12.9. The van der Waals surface area contributed by atoms with Crippen molar-refractivity contribution in [3.05, 3.63) is 90.1 Å². The number of aryl methyl sites for hydroxylation is 1. The zero-order valence-corrected chi connectivity index (χ0v) is 21.2. The Kier molecular flexibility index (Phi) is 6.40.